The minimum atomic E-state index is 0.124. The summed E-state index contributed by atoms with van der Waals surface area (Å²) in [5.41, 5.74) is 6.24. The minimum Gasteiger partial charge on any atom is -0.343 e. The van der Waals surface area contributed by atoms with Gasteiger partial charge in [-0.05, 0) is 31.1 Å². The number of hydrogen-bond donors (Lipinski definition) is 1. The normalized spacial score (nSPS) is 26.8. The van der Waals surface area contributed by atoms with Gasteiger partial charge in [-0.2, -0.15) is 0 Å². The standard InChI is InChI=1S/C15H30N2O/c1-11(15(2,3)4)17(5)14(18)10-12-8-6-7-9-13(12)16/h11-13H,6-10,16H2,1-5H3. The molecule has 3 atom stereocenters. The summed E-state index contributed by atoms with van der Waals surface area (Å²) in [6, 6.07) is 0.478. The topological polar surface area (TPSA) is 46.3 Å². The van der Waals surface area contributed by atoms with Crippen LogP contribution < -0.4 is 5.73 Å². The van der Waals surface area contributed by atoms with Gasteiger partial charge in [0.05, 0.1) is 0 Å². The molecule has 0 aromatic heterocycles. The first kappa shape index (κ1) is 15.5. The number of carbonyl (C=O) groups is 1. The summed E-state index contributed by atoms with van der Waals surface area (Å²) in [7, 11) is 1.92. The van der Waals surface area contributed by atoms with Crippen LogP contribution in [0.15, 0.2) is 0 Å². The summed E-state index contributed by atoms with van der Waals surface area (Å²) in [6.07, 6.45) is 5.27. The molecule has 3 heteroatoms. The first-order valence-electron chi connectivity index (χ1n) is 7.24. The summed E-state index contributed by atoms with van der Waals surface area (Å²) < 4.78 is 0. The highest BCUT2D eigenvalue weighted by atomic mass is 16.2. The predicted molar refractivity (Wildman–Crippen MR) is 76.2 cm³/mol. The van der Waals surface area contributed by atoms with Crippen molar-refractivity contribution in [2.45, 2.75) is 71.9 Å². The predicted octanol–water partition coefficient (Wildman–Crippen LogP) is 2.79. The van der Waals surface area contributed by atoms with Crippen LogP contribution in [0.3, 0.4) is 0 Å². The third-order valence-electron chi connectivity index (χ3n) is 4.63. The van der Waals surface area contributed by atoms with Crippen LogP contribution in [0.2, 0.25) is 0 Å². The zero-order chi connectivity index (χ0) is 13.9. The lowest BCUT2D eigenvalue weighted by atomic mass is 9.82. The molecule has 3 nitrogen and oxygen atoms in total. The Morgan fingerprint density at radius 1 is 1.33 bits per heavy atom. The van der Waals surface area contributed by atoms with Gasteiger partial charge in [-0.1, -0.05) is 33.6 Å². The van der Waals surface area contributed by atoms with E-state index >= 15 is 0 Å². The second-order valence-electron chi connectivity index (χ2n) is 6.96. The van der Waals surface area contributed by atoms with Crippen molar-refractivity contribution in [2.24, 2.45) is 17.1 Å². The summed E-state index contributed by atoms with van der Waals surface area (Å²) in [4.78, 5) is 14.2. The van der Waals surface area contributed by atoms with Gasteiger partial charge in [0.1, 0.15) is 0 Å². The van der Waals surface area contributed by atoms with Crippen LogP contribution in [-0.4, -0.2) is 29.9 Å². The number of amides is 1. The van der Waals surface area contributed by atoms with Crippen molar-refractivity contribution < 1.29 is 4.79 Å². The van der Waals surface area contributed by atoms with E-state index in [1.807, 2.05) is 11.9 Å². The molecule has 0 bridgehead atoms. The van der Waals surface area contributed by atoms with Crippen molar-refractivity contribution in [3.05, 3.63) is 0 Å². The van der Waals surface area contributed by atoms with Gasteiger partial charge in [-0.25, -0.2) is 0 Å². The van der Waals surface area contributed by atoms with Crippen molar-refractivity contribution in [1.82, 2.24) is 4.90 Å². The molecule has 1 amide bonds. The minimum absolute atomic E-state index is 0.124. The molecule has 1 aliphatic rings. The molecule has 0 heterocycles. The molecule has 18 heavy (non-hydrogen) atoms. The Kier molecular flexibility index (Phi) is 5.20. The highest BCUT2D eigenvalue weighted by molar-refractivity contribution is 5.76. The average molecular weight is 254 g/mol. The third-order valence-corrected chi connectivity index (χ3v) is 4.63. The van der Waals surface area contributed by atoms with Crippen LogP contribution in [0.1, 0.15) is 59.8 Å². The van der Waals surface area contributed by atoms with Crippen LogP contribution in [0.4, 0.5) is 0 Å². The van der Waals surface area contributed by atoms with E-state index in [1.165, 1.54) is 12.8 Å². The van der Waals surface area contributed by atoms with E-state index in [0.29, 0.717) is 12.3 Å². The Bertz CT molecular complexity index is 283. The van der Waals surface area contributed by atoms with Gasteiger partial charge >= 0.3 is 0 Å². The Labute approximate surface area is 112 Å². The molecule has 1 aliphatic carbocycles. The summed E-state index contributed by atoms with van der Waals surface area (Å²) in [6.45, 7) is 8.65. The molecule has 1 fully saturated rings. The first-order valence-corrected chi connectivity index (χ1v) is 7.24. The lowest BCUT2D eigenvalue weighted by Crippen LogP contribution is -2.45. The van der Waals surface area contributed by atoms with Crippen molar-refractivity contribution >= 4 is 5.91 Å². The zero-order valence-corrected chi connectivity index (χ0v) is 12.7. The fraction of sp³-hybridized carbons (Fsp3) is 0.933. The van der Waals surface area contributed by atoms with Crippen molar-refractivity contribution in [3.8, 4) is 0 Å². The average Bonchev–Trinajstić information content (AvgIpc) is 2.29. The lowest BCUT2D eigenvalue weighted by Gasteiger charge is -2.37. The molecule has 0 saturated heterocycles. The second-order valence-corrected chi connectivity index (χ2v) is 6.96. The van der Waals surface area contributed by atoms with Crippen molar-refractivity contribution in [3.63, 3.8) is 0 Å². The number of carbonyl (C=O) groups excluding carboxylic acids is 1. The lowest BCUT2D eigenvalue weighted by molar-refractivity contribution is -0.135. The fourth-order valence-electron chi connectivity index (χ4n) is 2.66. The monoisotopic (exact) mass is 254 g/mol. The fourth-order valence-corrected chi connectivity index (χ4v) is 2.66. The van der Waals surface area contributed by atoms with E-state index in [2.05, 4.69) is 27.7 Å². The molecule has 2 N–H and O–H groups in total. The van der Waals surface area contributed by atoms with Gasteiger partial charge in [0, 0.05) is 25.6 Å². The summed E-state index contributed by atoms with van der Waals surface area (Å²) in [5.74, 6) is 0.639. The molecule has 1 saturated carbocycles. The maximum absolute atomic E-state index is 12.3. The first-order chi connectivity index (χ1) is 8.23. The number of nitrogens with two attached hydrogens (primary N) is 1. The Morgan fingerprint density at radius 2 is 1.89 bits per heavy atom. The molecule has 0 aromatic rings. The molecule has 0 aliphatic heterocycles. The largest absolute Gasteiger partial charge is 0.343 e. The Hall–Kier alpha value is -0.570. The molecule has 1 rings (SSSR count). The van der Waals surface area contributed by atoms with Crippen molar-refractivity contribution in [2.75, 3.05) is 7.05 Å². The molecule has 106 valence electrons. The molecule has 0 radical (unpaired) electrons. The van der Waals surface area contributed by atoms with Gasteiger partial charge in [0.15, 0.2) is 0 Å². The third kappa shape index (κ3) is 3.98. The maximum atomic E-state index is 12.3. The SMILES string of the molecule is CC(N(C)C(=O)CC1CCCCC1N)C(C)(C)C. The van der Waals surface area contributed by atoms with Gasteiger partial charge in [-0.3, -0.25) is 4.79 Å². The van der Waals surface area contributed by atoms with E-state index in [0.717, 1.165) is 12.8 Å². The Balaban J connectivity index is 2.54. The summed E-state index contributed by atoms with van der Waals surface area (Å²) in [5, 5.41) is 0. The number of hydrogen-bond acceptors (Lipinski definition) is 2. The van der Waals surface area contributed by atoms with E-state index in [9.17, 15) is 4.79 Å². The highest BCUT2D eigenvalue weighted by Crippen LogP contribution is 2.28. The quantitative estimate of drug-likeness (QED) is 0.842. The van der Waals surface area contributed by atoms with Crippen LogP contribution >= 0.6 is 0 Å². The highest BCUT2D eigenvalue weighted by Gasteiger charge is 2.30. The van der Waals surface area contributed by atoms with Crippen LogP contribution in [0.5, 0.6) is 0 Å². The summed E-state index contributed by atoms with van der Waals surface area (Å²) >= 11 is 0. The van der Waals surface area contributed by atoms with E-state index < -0.39 is 0 Å². The second kappa shape index (κ2) is 6.05. The van der Waals surface area contributed by atoms with Crippen LogP contribution in [0, 0.1) is 11.3 Å². The van der Waals surface area contributed by atoms with Gasteiger partial charge < -0.3 is 10.6 Å². The van der Waals surface area contributed by atoms with Gasteiger partial charge in [-0.15, -0.1) is 0 Å². The van der Waals surface area contributed by atoms with E-state index in [-0.39, 0.29) is 23.4 Å². The molecular weight excluding hydrogens is 224 g/mol. The molecule has 0 spiro atoms. The van der Waals surface area contributed by atoms with Crippen LogP contribution in [-0.2, 0) is 4.79 Å². The van der Waals surface area contributed by atoms with Gasteiger partial charge in [0.25, 0.3) is 0 Å². The molecular formula is C15H30N2O. The number of rotatable bonds is 3. The van der Waals surface area contributed by atoms with Crippen molar-refractivity contribution in [1.29, 1.82) is 0 Å². The Morgan fingerprint density at radius 3 is 2.39 bits per heavy atom. The maximum Gasteiger partial charge on any atom is 0.222 e. The zero-order valence-electron chi connectivity index (χ0n) is 12.7. The number of nitrogens with zero attached hydrogens (tertiary/aromatic N) is 1. The van der Waals surface area contributed by atoms with E-state index in [1.54, 1.807) is 0 Å². The van der Waals surface area contributed by atoms with E-state index in [4.69, 9.17) is 5.73 Å². The molecule has 0 aromatic carbocycles. The smallest absolute Gasteiger partial charge is 0.222 e. The van der Waals surface area contributed by atoms with Gasteiger partial charge in [0.2, 0.25) is 5.91 Å². The molecule has 3 unspecified atom stereocenters. The van der Waals surface area contributed by atoms with Crippen LogP contribution in [0.25, 0.3) is 0 Å².